The molecular formula is C15H9N3O. The van der Waals surface area contributed by atoms with Crippen LogP contribution in [0.1, 0.15) is 5.56 Å². The summed E-state index contributed by atoms with van der Waals surface area (Å²) in [5, 5.41) is 10.9. The van der Waals surface area contributed by atoms with Crippen molar-refractivity contribution in [1.29, 1.82) is 5.26 Å². The summed E-state index contributed by atoms with van der Waals surface area (Å²) in [5.74, 6) is 0.467. The first-order chi connectivity index (χ1) is 9.28. The zero-order chi connectivity index (χ0) is 13.2. The zero-order valence-electron chi connectivity index (χ0n) is 9.92. The minimum Gasteiger partial charge on any atom is -0.305 e. The molecule has 0 amide bonds. The number of nitrogens with one attached hydrogen (secondary N) is 1. The highest BCUT2D eigenvalue weighted by molar-refractivity contribution is 5.86. The number of aromatic amines is 1. The molecule has 19 heavy (non-hydrogen) atoms. The van der Waals surface area contributed by atoms with E-state index in [2.05, 4.69) is 9.97 Å². The Morgan fingerprint density at radius 2 is 1.89 bits per heavy atom. The van der Waals surface area contributed by atoms with Gasteiger partial charge in [-0.2, -0.15) is 5.26 Å². The van der Waals surface area contributed by atoms with E-state index in [9.17, 15) is 4.79 Å². The van der Waals surface area contributed by atoms with Crippen molar-refractivity contribution in [2.75, 3.05) is 0 Å². The Morgan fingerprint density at radius 3 is 2.63 bits per heavy atom. The van der Waals surface area contributed by atoms with Crippen LogP contribution >= 0.6 is 0 Å². The molecule has 90 valence electrons. The van der Waals surface area contributed by atoms with E-state index in [1.54, 1.807) is 6.07 Å². The van der Waals surface area contributed by atoms with Crippen molar-refractivity contribution < 1.29 is 0 Å². The van der Waals surface area contributed by atoms with E-state index in [1.165, 1.54) is 6.20 Å². The number of hydrogen-bond donors (Lipinski definition) is 1. The van der Waals surface area contributed by atoms with Gasteiger partial charge in [-0.15, -0.1) is 0 Å². The molecule has 0 spiro atoms. The summed E-state index contributed by atoms with van der Waals surface area (Å²) in [6, 6.07) is 15.6. The molecule has 1 N–H and O–H groups in total. The minimum absolute atomic E-state index is 0.0181. The average Bonchev–Trinajstić information content (AvgIpc) is 2.46. The van der Waals surface area contributed by atoms with Crippen molar-refractivity contribution >= 4 is 10.8 Å². The Hall–Kier alpha value is -2.93. The highest BCUT2D eigenvalue weighted by Crippen LogP contribution is 2.20. The molecule has 0 aliphatic heterocycles. The number of hydrogen-bond acceptors (Lipinski definition) is 3. The predicted octanol–water partition coefficient (Wildman–Crippen LogP) is 2.46. The molecule has 0 fully saturated rings. The third kappa shape index (κ3) is 1.98. The lowest BCUT2D eigenvalue weighted by atomic mass is 10.1. The molecule has 0 radical (unpaired) electrons. The molecule has 0 saturated carbocycles. The summed E-state index contributed by atoms with van der Waals surface area (Å²) in [5.41, 5.74) is 0.422. The zero-order valence-corrected chi connectivity index (χ0v) is 9.92. The molecular weight excluding hydrogens is 238 g/mol. The number of fused-ring (bicyclic) bond motifs is 1. The Morgan fingerprint density at radius 1 is 1.11 bits per heavy atom. The van der Waals surface area contributed by atoms with Gasteiger partial charge in [0.1, 0.15) is 17.5 Å². The smallest absolute Gasteiger partial charge is 0.269 e. The quantitative estimate of drug-likeness (QED) is 0.718. The third-order valence-electron chi connectivity index (χ3n) is 2.94. The lowest BCUT2D eigenvalue weighted by Crippen LogP contribution is -2.11. The highest BCUT2D eigenvalue weighted by atomic mass is 16.1. The van der Waals surface area contributed by atoms with Crippen LogP contribution in [0.5, 0.6) is 0 Å². The molecule has 2 aromatic carbocycles. The lowest BCUT2D eigenvalue weighted by molar-refractivity contribution is 1.11. The molecule has 3 rings (SSSR count). The number of rotatable bonds is 1. The van der Waals surface area contributed by atoms with Crippen LogP contribution in [-0.4, -0.2) is 9.97 Å². The molecule has 0 saturated heterocycles. The van der Waals surface area contributed by atoms with Crippen LogP contribution in [-0.2, 0) is 0 Å². The number of nitrogens with zero attached hydrogens (tertiary/aromatic N) is 2. The largest absolute Gasteiger partial charge is 0.305 e. The van der Waals surface area contributed by atoms with Gasteiger partial charge in [-0.25, -0.2) is 4.98 Å². The van der Waals surface area contributed by atoms with E-state index in [1.807, 2.05) is 42.5 Å². The molecule has 0 unspecified atom stereocenters. The normalized spacial score (nSPS) is 10.3. The topological polar surface area (TPSA) is 69.5 Å². The molecule has 4 nitrogen and oxygen atoms in total. The summed E-state index contributed by atoms with van der Waals surface area (Å²) in [6.45, 7) is 0. The van der Waals surface area contributed by atoms with Crippen LogP contribution in [0.25, 0.3) is 22.2 Å². The van der Waals surface area contributed by atoms with Crippen LogP contribution in [0, 0.1) is 11.3 Å². The van der Waals surface area contributed by atoms with Gasteiger partial charge in [0.25, 0.3) is 5.56 Å². The molecule has 1 heterocycles. The SMILES string of the molecule is N#Cc1cnc(-c2ccc3ccccc3c2)[nH]c1=O. The molecule has 0 aliphatic rings. The standard InChI is InChI=1S/C15H9N3O/c16-8-13-9-17-14(18-15(13)19)12-6-5-10-3-1-2-4-11(10)7-12/h1-7,9H,(H,17,18,19). The van der Waals surface area contributed by atoms with E-state index >= 15 is 0 Å². The van der Waals surface area contributed by atoms with Gasteiger partial charge in [0.05, 0.1) is 6.20 Å². The first kappa shape index (κ1) is 11.2. The summed E-state index contributed by atoms with van der Waals surface area (Å²) >= 11 is 0. The molecule has 0 bridgehead atoms. The second-order valence-corrected chi connectivity index (χ2v) is 4.15. The monoisotopic (exact) mass is 247 g/mol. The third-order valence-corrected chi connectivity index (χ3v) is 2.94. The van der Waals surface area contributed by atoms with Gasteiger partial charge < -0.3 is 4.98 Å². The Kier molecular flexibility index (Phi) is 2.58. The average molecular weight is 247 g/mol. The molecule has 0 atom stereocenters. The van der Waals surface area contributed by atoms with E-state index in [-0.39, 0.29) is 5.56 Å². The van der Waals surface area contributed by atoms with Crippen LogP contribution in [0.15, 0.2) is 53.5 Å². The summed E-state index contributed by atoms with van der Waals surface area (Å²) in [7, 11) is 0. The molecule has 0 aliphatic carbocycles. The van der Waals surface area contributed by atoms with Crippen molar-refractivity contribution in [2.24, 2.45) is 0 Å². The number of benzene rings is 2. The van der Waals surface area contributed by atoms with E-state index in [4.69, 9.17) is 5.26 Å². The highest BCUT2D eigenvalue weighted by Gasteiger charge is 2.04. The van der Waals surface area contributed by atoms with Crippen molar-refractivity contribution in [3.63, 3.8) is 0 Å². The fourth-order valence-electron chi connectivity index (χ4n) is 1.96. The Labute approximate surface area is 109 Å². The van der Waals surface area contributed by atoms with Gasteiger partial charge in [-0.3, -0.25) is 4.79 Å². The molecule has 4 heteroatoms. The van der Waals surface area contributed by atoms with E-state index in [0.717, 1.165) is 16.3 Å². The van der Waals surface area contributed by atoms with Crippen molar-refractivity contribution in [1.82, 2.24) is 9.97 Å². The van der Waals surface area contributed by atoms with Crippen LogP contribution in [0.4, 0.5) is 0 Å². The summed E-state index contributed by atoms with van der Waals surface area (Å²) < 4.78 is 0. The van der Waals surface area contributed by atoms with Crippen LogP contribution in [0.3, 0.4) is 0 Å². The first-order valence-electron chi connectivity index (χ1n) is 5.76. The summed E-state index contributed by atoms with van der Waals surface area (Å²) in [6.07, 6.45) is 1.29. The number of nitriles is 1. The second-order valence-electron chi connectivity index (χ2n) is 4.15. The fraction of sp³-hybridized carbons (Fsp3) is 0. The maximum atomic E-state index is 11.6. The summed E-state index contributed by atoms with van der Waals surface area (Å²) in [4.78, 5) is 18.3. The fourth-order valence-corrected chi connectivity index (χ4v) is 1.96. The van der Waals surface area contributed by atoms with Gasteiger partial charge in [-0.05, 0) is 16.8 Å². The maximum absolute atomic E-state index is 11.6. The maximum Gasteiger partial charge on any atom is 0.269 e. The van der Waals surface area contributed by atoms with Gasteiger partial charge >= 0.3 is 0 Å². The second kappa shape index (κ2) is 4.39. The van der Waals surface area contributed by atoms with E-state index in [0.29, 0.717) is 5.82 Å². The minimum atomic E-state index is -0.416. The Balaban J connectivity index is 2.17. The number of aromatic nitrogens is 2. The number of H-pyrrole nitrogens is 1. The first-order valence-corrected chi connectivity index (χ1v) is 5.76. The molecule has 3 aromatic rings. The van der Waals surface area contributed by atoms with Gasteiger partial charge in [0, 0.05) is 5.56 Å². The van der Waals surface area contributed by atoms with E-state index < -0.39 is 5.56 Å². The predicted molar refractivity (Wildman–Crippen MR) is 72.5 cm³/mol. The van der Waals surface area contributed by atoms with Crippen molar-refractivity contribution in [3.05, 3.63) is 64.6 Å². The molecule has 1 aromatic heterocycles. The van der Waals surface area contributed by atoms with Gasteiger partial charge in [0.15, 0.2) is 0 Å². The Bertz CT molecular complexity index is 859. The van der Waals surface area contributed by atoms with Gasteiger partial charge in [-0.1, -0.05) is 36.4 Å². The van der Waals surface area contributed by atoms with Crippen molar-refractivity contribution in [2.45, 2.75) is 0 Å². The van der Waals surface area contributed by atoms with Crippen molar-refractivity contribution in [3.8, 4) is 17.5 Å². The van der Waals surface area contributed by atoms with Crippen LogP contribution in [0.2, 0.25) is 0 Å². The lowest BCUT2D eigenvalue weighted by Gasteiger charge is -2.03. The van der Waals surface area contributed by atoms with Gasteiger partial charge in [0.2, 0.25) is 0 Å². The van der Waals surface area contributed by atoms with Crippen LogP contribution < -0.4 is 5.56 Å².